The van der Waals surface area contributed by atoms with Crippen molar-refractivity contribution in [1.82, 2.24) is 5.32 Å². The third kappa shape index (κ3) is 3.31. The molecule has 1 N–H and O–H groups in total. The first-order chi connectivity index (χ1) is 9.20. The van der Waals surface area contributed by atoms with E-state index in [0.29, 0.717) is 0 Å². The molecule has 3 rings (SSSR count). The highest BCUT2D eigenvalue weighted by molar-refractivity contribution is 9.10. The van der Waals surface area contributed by atoms with Crippen molar-refractivity contribution in [3.05, 3.63) is 49.6 Å². The Kier molecular flexibility index (Phi) is 4.12. The van der Waals surface area contributed by atoms with Gasteiger partial charge in [-0.25, -0.2) is 0 Å². The maximum absolute atomic E-state index is 5.90. The number of ether oxygens (including phenoxy) is 1. The highest BCUT2D eigenvalue weighted by atomic mass is 79.9. The summed E-state index contributed by atoms with van der Waals surface area (Å²) in [6, 6.07) is 10.2. The third-order valence-electron chi connectivity index (χ3n) is 3.06. The molecular weight excluding hydrogens is 346 g/mol. The lowest BCUT2D eigenvalue weighted by Gasteiger charge is -2.11. The maximum atomic E-state index is 5.90. The number of fused-ring (bicyclic) bond motifs is 1. The average Bonchev–Trinajstić information content (AvgIpc) is 2.95. The lowest BCUT2D eigenvalue weighted by Crippen LogP contribution is -2.29. The molecule has 2 nitrogen and oxygen atoms in total. The Morgan fingerprint density at radius 3 is 3.05 bits per heavy atom. The molecular formula is C14H13BrClNOS. The molecule has 1 aliphatic heterocycles. The van der Waals surface area contributed by atoms with Crippen LogP contribution in [-0.4, -0.2) is 12.6 Å². The van der Waals surface area contributed by atoms with E-state index in [4.69, 9.17) is 16.3 Å². The zero-order valence-corrected chi connectivity index (χ0v) is 13.3. The van der Waals surface area contributed by atoms with E-state index in [2.05, 4.69) is 33.4 Å². The monoisotopic (exact) mass is 357 g/mol. The van der Waals surface area contributed by atoms with E-state index in [1.54, 1.807) is 11.3 Å². The third-order valence-corrected chi connectivity index (χ3v) is 4.79. The standard InChI is InChI=1S/C14H13BrClNOS/c15-10-1-3-13-9(5-10)6-11(18-13)7-17-8-12-2-4-14(16)19-12/h1-5,11,17H,6-8H2. The van der Waals surface area contributed by atoms with Crippen LogP contribution in [0.1, 0.15) is 10.4 Å². The van der Waals surface area contributed by atoms with E-state index in [0.717, 1.165) is 34.1 Å². The van der Waals surface area contributed by atoms with Crippen molar-refractivity contribution in [3.63, 3.8) is 0 Å². The summed E-state index contributed by atoms with van der Waals surface area (Å²) < 4.78 is 7.85. The number of thiophene rings is 1. The molecule has 5 heteroatoms. The lowest BCUT2D eigenvalue weighted by molar-refractivity contribution is 0.227. The van der Waals surface area contributed by atoms with Gasteiger partial charge in [0.25, 0.3) is 0 Å². The molecule has 1 aromatic heterocycles. The Bertz CT molecular complexity index is 587. The summed E-state index contributed by atoms with van der Waals surface area (Å²) in [5.74, 6) is 1.01. The van der Waals surface area contributed by atoms with Gasteiger partial charge < -0.3 is 10.1 Å². The second-order valence-corrected chi connectivity index (χ2v) is 7.25. The zero-order chi connectivity index (χ0) is 13.2. The van der Waals surface area contributed by atoms with E-state index in [1.165, 1.54) is 10.4 Å². The Balaban J connectivity index is 1.51. The predicted molar refractivity (Wildman–Crippen MR) is 83.3 cm³/mol. The molecule has 1 unspecified atom stereocenters. The summed E-state index contributed by atoms with van der Waals surface area (Å²) in [4.78, 5) is 1.25. The minimum absolute atomic E-state index is 0.222. The Hall–Kier alpha value is -0.550. The van der Waals surface area contributed by atoms with Crippen molar-refractivity contribution in [2.75, 3.05) is 6.54 Å². The molecule has 19 heavy (non-hydrogen) atoms. The smallest absolute Gasteiger partial charge is 0.123 e. The SMILES string of the molecule is Clc1ccc(CNCC2Cc3cc(Br)ccc3O2)s1. The second-order valence-electron chi connectivity index (χ2n) is 4.53. The van der Waals surface area contributed by atoms with Gasteiger partial charge in [-0.3, -0.25) is 0 Å². The van der Waals surface area contributed by atoms with Crippen LogP contribution in [0.15, 0.2) is 34.8 Å². The van der Waals surface area contributed by atoms with Crippen LogP contribution in [0.25, 0.3) is 0 Å². The number of hydrogen-bond acceptors (Lipinski definition) is 3. The summed E-state index contributed by atoms with van der Waals surface area (Å²) in [7, 11) is 0. The lowest BCUT2D eigenvalue weighted by atomic mass is 10.1. The summed E-state index contributed by atoms with van der Waals surface area (Å²) in [6.07, 6.45) is 1.19. The van der Waals surface area contributed by atoms with Gasteiger partial charge in [-0.15, -0.1) is 11.3 Å². The molecule has 0 saturated heterocycles. The van der Waals surface area contributed by atoms with Crippen LogP contribution < -0.4 is 10.1 Å². The van der Waals surface area contributed by atoms with E-state index < -0.39 is 0 Å². The molecule has 2 heterocycles. The molecule has 0 bridgehead atoms. The van der Waals surface area contributed by atoms with Gasteiger partial charge in [0.1, 0.15) is 11.9 Å². The zero-order valence-electron chi connectivity index (χ0n) is 10.2. The van der Waals surface area contributed by atoms with Gasteiger partial charge in [0.2, 0.25) is 0 Å². The molecule has 1 aliphatic rings. The first kappa shape index (κ1) is 13.4. The Morgan fingerprint density at radius 1 is 1.37 bits per heavy atom. The van der Waals surface area contributed by atoms with Crippen LogP contribution >= 0.6 is 38.9 Å². The van der Waals surface area contributed by atoms with E-state index >= 15 is 0 Å². The van der Waals surface area contributed by atoms with Crippen molar-refractivity contribution < 1.29 is 4.74 Å². The number of halogens is 2. The average molecular weight is 359 g/mol. The van der Waals surface area contributed by atoms with Crippen LogP contribution in [-0.2, 0) is 13.0 Å². The van der Waals surface area contributed by atoms with E-state index in [1.807, 2.05) is 18.2 Å². The Morgan fingerprint density at radius 2 is 2.26 bits per heavy atom. The number of nitrogens with one attached hydrogen (secondary N) is 1. The first-order valence-corrected chi connectivity index (χ1v) is 8.09. The van der Waals surface area contributed by atoms with Crippen molar-refractivity contribution in [2.45, 2.75) is 19.1 Å². The highest BCUT2D eigenvalue weighted by Crippen LogP contribution is 2.31. The summed E-state index contributed by atoms with van der Waals surface area (Å²) >= 11 is 11.0. The van der Waals surface area contributed by atoms with Crippen LogP contribution in [0.3, 0.4) is 0 Å². The van der Waals surface area contributed by atoms with Gasteiger partial charge in [-0.1, -0.05) is 27.5 Å². The fourth-order valence-corrected chi connectivity index (χ4v) is 3.67. The largest absolute Gasteiger partial charge is 0.488 e. The molecule has 1 atom stereocenters. The normalized spacial score (nSPS) is 17.3. The molecule has 0 aliphatic carbocycles. The molecule has 0 spiro atoms. The minimum atomic E-state index is 0.222. The quantitative estimate of drug-likeness (QED) is 0.882. The highest BCUT2D eigenvalue weighted by Gasteiger charge is 2.22. The number of benzene rings is 1. The van der Waals surface area contributed by atoms with Gasteiger partial charge in [0.05, 0.1) is 4.34 Å². The molecule has 0 fully saturated rings. The Labute approximate surface area is 129 Å². The van der Waals surface area contributed by atoms with Gasteiger partial charge >= 0.3 is 0 Å². The summed E-state index contributed by atoms with van der Waals surface area (Å²) in [5, 5.41) is 3.42. The summed E-state index contributed by atoms with van der Waals surface area (Å²) in [5.41, 5.74) is 1.28. The second kappa shape index (κ2) is 5.83. The molecule has 100 valence electrons. The van der Waals surface area contributed by atoms with E-state index in [9.17, 15) is 0 Å². The van der Waals surface area contributed by atoms with Crippen molar-refractivity contribution >= 4 is 38.9 Å². The van der Waals surface area contributed by atoms with Crippen LogP contribution in [0.2, 0.25) is 4.34 Å². The van der Waals surface area contributed by atoms with Crippen LogP contribution in [0.5, 0.6) is 5.75 Å². The topological polar surface area (TPSA) is 21.3 Å². The number of hydrogen-bond donors (Lipinski definition) is 1. The van der Waals surface area contributed by atoms with Crippen molar-refractivity contribution in [3.8, 4) is 5.75 Å². The van der Waals surface area contributed by atoms with Gasteiger partial charge in [0.15, 0.2) is 0 Å². The summed E-state index contributed by atoms with van der Waals surface area (Å²) in [6.45, 7) is 1.69. The first-order valence-electron chi connectivity index (χ1n) is 6.11. The minimum Gasteiger partial charge on any atom is -0.488 e. The molecule has 2 aromatic rings. The van der Waals surface area contributed by atoms with Gasteiger partial charge in [-0.05, 0) is 35.9 Å². The molecule has 0 radical (unpaired) electrons. The molecule has 1 aromatic carbocycles. The maximum Gasteiger partial charge on any atom is 0.123 e. The van der Waals surface area contributed by atoms with Crippen molar-refractivity contribution in [1.29, 1.82) is 0 Å². The van der Waals surface area contributed by atoms with Gasteiger partial charge in [0, 0.05) is 28.9 Å². The fourth-order valence-electron chi connectivity index (χ4n) is 2.21. The fraction of sp³-hybridized carbons (Fsp3) is 0.286. The molecule has 0 saturated carbocycles. The van der Waals surface area contributed by atoms with Crippen LogP contribution in [0.4, 0.5) is 0 Å². The van der Waals surface area contributed by atoms with Crippen molar-refractivity contribution in [2.24, 2.45) is 0 Å². The van der Waals surface area contributed by atoms with Crippen LogP contribution in [0, 0.1) is 0 Å². The predicted octanol–water partition coefficient (Wildman–Crippen LogP) is 4.26. The van der Waals surface area contributed by atoms with Gasteiger partial charge in [-0.2, -0.15) is 0 Å². The number of rotatable bonds is 4. The molecule has 0 amide bonds. The van der Waals surface area contributed by atoms with E-state index in [-0.39, 0.29) is 6.10 Å².